The number of methoxy groups -OCH3 is 1. The number of rotatable bonds is 6. The van der Waals surface area contributed by atoms with Gasteiger partial charge in [-0.05, 0) is 31.0 Å². The summed E-state index contributed by atoms with van der Waals surface area (Å²) in [5, 5.41) is 9.55. The van der Waals surface area contributed by atoms with Crippen LogP contribution in [0.25, 0.3) is 0 Å². The molecule has 0 saturated carbocycles. The summed E-state index contributed by atoms with van der Waals surface area (Å²) in [5.74, 6) is 0. The fourth-order valence-electron chi connectivity index (χ4n) is 1.67. The summed E-state index contributed by atoms with van der Waals surface area (Å²) in [6, 6.07) is 6.02. The van der Waals surface area contributed by atoms with Gasteiger partial charge in [0.2, 0.25) is 0 Å². The third-order valence-electron chi connectivity index (χ3n) is 2.72. The largest absolute Gasteiger partial charge is 0.389 e. The van der Waals surface area contributed by atoms with Crippen LogP contribution in [-0.4, -0.2) is 32.4 Å². The number of hydrogen-bond acceptors (Lipinski definition) is 3. The topological polar surface area (TPSA) is 32.7 Å². The van der Waals surface area contributed by atoms with Crippen molar-refractivity contribution in [2.24, 2.45) is 0 Å². The summed E-state index contributed by atoms with van der Waals surface area (Å²) in [5.41, 5.74) is 2.05. The minimum absolute atomic E-state index is 0.447. The molecule has 0 aromatic heterocycles. The minimum atomic E-state index is -0.447. The molecule has 0 heterocycles. The van der Waals surface area contributed by atoms with Crippen molar-refractivity contribution < 1.29 is 9.84 Å². The molecule has 0 aliphatic rings. The molecule has 1 atom stereocenters. The Bertz CT molecular complexity index is 355. The van der Waals surface area contributed by atoms with Gasteiger partial charge >= 0.3 is 0 Å². The van der Waals surface area contributed by atoms with Crippen molar-refractivity contribution in [1.82, 2.24) is 0 Å². The number of ether oxygens (including phenoxy) is 1. The standard InChI is InChI=1S/C13H20BrNO2/c1-10(16)12-6-5-11(9-13(12)14)15(2)7-4-8-17-3/h5-6,9-10,16H,4,7-8H2,1-3H3. The maximum absolute atomic E-state index is 9.55. The SMILES string of the molecule is COCCCN(C)c1ccc(C(C)O)c(Br)c1. The third-order valence-corrected chi connectivity index (χ3v) is 3.40. The zero-order valence-electron chi connectivity index (χ0n) is 10.6. The molecule has 0 fully saturated rings. The van der Waals surface area contributed by atoms with E-state index in [4.69, 9.17) is 4.74 Å². The Hall–Kier alpha value is -0.580. The lowest BCUT2D eigenvalue weighted by molar-refractivity contribution is 0.196. The van der Waals surface area contributed by atoms with Crippen LogP contribution >= 0.6 is 15.9 Å². The van der Waals surface area contributed by atoms with E-state index in [1.807, 2.05) is 18.2 Å². The molecule has 1 aromatic carbocycles. The molecule has 0 saturated heterocycles. The lowest BCUT2D eigenvalue weighted by atomic mass is 10.1. The lowest BCUT2D eigenvalue weighted by Crippen LogP contribution is -2.19. The molecule has 1 unspecified atom stereocenters. The fourth-order valence-corrected chi connectivity index (χ4v) is 2.37. The molecule has 17 heavy (non-hydrogen) atoms. The predicted octanol–water partition coefficient (Wildman–Crippen LogP) is 2.98. The average molecular weight is 302 g/mol. The summed E-state index contributed by atoms with van der Waals surface area (Å²) in [7, 11) is 3.77. The van der Waals surface area contributed by atoms with E-state index in [0.717, 1.165) is 35.3 Å². The van der Waals surface area contributed by atoms with Crippen molar-refractivity contribution in [3.8, 4) is 0 Å². The van der Waals surface area contributed by atoms with Gasteiger partial charge in [0.25, 0.3) is 0 Å². The van der Waals surface area contributed by atoms with Gasteiger partial charge in [-0.2, -0.15) is 0 Å². The van der Waals surface area contributed by atoms with Crippen molar-refractivity contribution in [2.75, 3.05) is 32.2 Å². The van der Waals surface area contributed by atoms with Gasteiger partial charge in [-0.25, -0.2) is 0 Å². The van der Waals surface area contributed by atoms with E-state index in [9.17, 15) is 5.11 Å². The van der Waals surface area contributed by atoms with Crippen LogP contribution in [0.1, 0.15) is 25.0 Å². The van der Waals surface area contributed by atoms with Crippen LogP contribution in [-0.2, 0) is 4.74 Å². The van der Waals surface area contributed by atoms with Gasteiger partial charge in [0, 0.05) is 37.5 Å². The molecule has 0 amide bonds. The van der Waals surface area contributed by atoms with Crippen LogP contribution in [0.15, 0.2) is 22.7 Å². The Morgan fingerprint density at radius 1 is 1.47 bits per heavy atom. The molecule has 0 bridgehead atoms. The number of anilines is 1. The van der Waals surface area contributed by atoms with E-state index in [1.165, 1.54) is 0 Å². The number of halogens is 1. The smallest absolute Gasteiger partial charge is 0.0772 e. The molecular weight excluding hydrogens is 282 g/mol. The third kappa shape index (κ3) is 4.30. The van der Waals surface area contributed by atoms with Crippen LogP contribution in [0.3, 0.4) is 0 Å². The molecule has 0 radical (unpaired) electrons. The fraction of sp³-hybridized carbons (Fsp3) is 0.538. The summed E-state index contributed by atoms with van der Waals surface area (Å²) in [6.07, 6.45) is 0.556. The predicted molar refractivity (Wildman–Crippen MR) is 74.5 cm³/mol. The molecular formula is C13H20BrNO2. The van der Waals surface area contributed by atoms with Crippen LogP contribution in [0.5, 0.6) is 0 Å². The highest BCUT2D eigenvalue weighted by atomic mass is 79.9. The molecule has 0 spiro atoms. The van der Waals surface area contributed by atoms with E-state index in [1.54, 1.807) is 14.0 Å². The van der Waals surface area contributed by atoms with E-state index in [-0.39, 0.29) is 0 Å². The number of aliphatic hydroxyl groups is 1. The Labute approximate surface area is 112 Å². The second-order valence-electron chi connectivity index (χ2n) is 4.15. The highest BCUT2D eigenvalue weighted by Crippen LogP contribution is 2.27. The summed E-state index contributed by atoms with van der Waals surface area (Å²) < 4.78 is 5.98. The lowest BCUT2D eigenvalue weighted by Gasteiger charge is -2.20. The summed E-state index contributed by atoms with van der Waals surface area (Å²) in [4.78, 5) is 2.18. The van der Waals surface area contributed by atoms with E-state index < -0.39 is 6.10 Å². The zero-order chi connectivity index (χ0) is 12.8. The van der Waals surface area contributed by atoms with Crippen molar-refractivity contribution in [2.45, 2.75) is 19.4 Å². The van der Waals surface area contributed by atoms with Crippen LogP contribution in [0.2, 0.25) is 0 Å². The van der Waals surface area contributed by atoms with E-state index in [2.05, 4.69) is 27.9 Å². The molecule has 4 heteroatoms. The normalized spacial score (nSPS) is 12.5. The monoisotopic (exact) mass is 301 g/mol. The first kappa shape index (κ1) is 14.5. The van der Waals surface area contributed by atoms with E-state index in [0.29, 0.717) is 0 Å². The van der Waals surface area contributed by atoms with E-state index >= 15 is 0 Å². The van der Waals surface area contributed by atoms with Crippen molar-refractivity contribution >= 4 is 21.6 Å². The van der Waals surface area contributed by atoms with Gasteiger partial charge in [-0.1, -0.05) is 22.0 Å². The average Bonchev–Trinajstić information content (AvgIpc) is 2.28. The van der Waals surface area contributed by atoms with Gasteiger partial charge in [0.1, 0.15) is 0 Å². The van der Waals surface area contributed by atoms with Crippen LogP contribution in [0, 0.1) is 0 Å². The zero-order valence-corrected chi connectivity index (χ0v) is 12.2. The second-order valence-corrected chi connectivity index (χ2v) is 5.00. The quantitative estimate of drug-likeness (QED) is 0.820. The van der Waals surface area contributed by atoms with Crippen molar-refractivity contribution in [3.63, 3.8) is 0 Å². The number of aliphatic hydroxyl groups excluding tert-OH is 1. The maximum Gasteiger partial charge on any atom is 0.0772 e. The first-order valence-corrected chi connectivity index (χ1v) is 6.53. The first-order chi connectivity index (χ1) is 8.06. The summed E-state index contributed by atoms with van der Waals surface area (Å²) in [6.45, 7) is 3.49. The Kier molecular flexibility index (Phi) is 5.95. The van der Waals surface area contributed by atoms with Gasteiger partial charge in [0.15, 0.2) is 0 Å². The van der Waals surface area contributed by atoms with Gasteiger partial charge < -0.3 is 14.7 Å². The Morgan fingerprint density at radius 3 is 2.71 bits per heavy atom. The minimum Gasteiger partial charge on any atom is -0.389 e. The highest BCUT2D eigenvalue weighted by molar-refractivity contribution is 9.10. The number of hydrogen-bond donors (Lipinski definition) is 1. The molecule has 1 rings (SSSR count). The number of nitrogens with zero attached hydrogens (tertiary/aromatic N) is 1. The molecule has 96 valence electrons. The van der Waals surface area contributed by atoms with Crippen molar-refractivity contribution in [3.05, 3.63) is 28.2 Å². The van der Waals surface area contributed by atoms with Crippen molar-refractivity contribution in [1.29, 1.82) is 0 Å². The Balaban J connectivity index is 2.69. The molecule has 1 aromatic rings. The summed E-state index contributed by atoms with van der Waals surface area (Å²) >= 11 is 3.49. The highest BCUT2D eigenvalue weighted by Gasteiger charge is 2.08. The van der Waals surface area contributed by atoms with Crippen LogP contribution in [0.4, 0.5) is 5.69 Å². The van der Waals surface area contributed by atoms with Gasteiger partial charge in [-0.3, -0.25) is 0 Å². The molecule has 0 aliphatic heterocycles. The Morgan fingerprint density at radius 2 is 2.18 bits per heavy atom. The first-order valence-electron chi connectivity index (χ1n) is 5.74. The van der Waals surface area contributed by atoms with Crippen LogP contribution < -0.4 is 4.90 Å². The van der Waals surface area contributed by atoms with Gasteiger partial charge in [0.05, 0.1) is 6.10 Å². The molecule has 1 N–H and O–H groups in total. The maximum atomic E-state index is 9.55. The van der Waals surface area contributed by atoms with Gasteiger partial charge in [-0.15, -0.1) is 0 Å². The molecule has 0 aliphatic carbocycles. The second kappa shape index (κ2) is 6.99. The molecule has 3 nitrogen and oxygen atoms in total. The number of benzene rings is 1.